The van der Waals surface area contributed by atoms with Gasteiger partial charge in [0.15, 0.2) is 6.10 Å². The highest BCUT2D eigenvalue weighted by Crippen LogP contribution is 2.23. The highest BCUT2D eigenvalue weighted by Gasteiger charge is 2.19. The van der Waals surface area contributed by atoms with Crippen LogP contribution in [0.5, 0.6) is 0 Å². The van der Waals surface area contributed by atoms with Crippen molar-refractivity contribution in [3.8, 4) is 0 Å². The lowest BCUT2D eigenvalue weighted by Gasteiger charge is -2.14. The first-order valence-corrected chi connectivity index (χ1v) is 5.76. The molecule has 1 aromatic carbocycles. The summed E-state index contributed by atoms with van der Waals surface area (Å²) in [6.45, 7) is 5.29. The molecule has 0 fully saturated rings. The maximum absolute atomic E-state index is 11.6. The Morgan fingerprint density at radius 1 is 1.41 bits per heavy atom. The van der Waals surface area contributed by atoms with Gasteiger partial charge in [0.05, 0.1) is 0 Å². The van der Waals surface area contributed by atoms with Crippen LogP contribution in [0, 0.1) is 0 Å². The van der Waals surface area contributed by atoms with E-state index < -0.39 is 12.0 Å². The van der Waals surface area contributed by atoms with Gasteiger partial charge >= 0.3 is 0 Å². The van der Waals surface area contributed by atoms with Crippen LogP contribution in [0.4, 0.5) is 0 Å². The fourth-order valence-electron chi connectivity index (χ4n) is 1.25. The Morgan fingerprint density at radius 3 is 2.41 bits per heavy atom. The summed E-state index contributed by atoms with van der Waals surface area (Å²) >= 11 is 11.6. The molecule has 0 bridgehead atoms. The minimum atomic E-state index is -1.30. The Bertz CT molecular complexity index is 414. The largest absolute Gasteiger partial charge is 0.378 e. The fraction of sp³-hybridized carbons (Fsp3) is 0.250. The van der Waals surface area contributed by atoms with E-state index in [4.69, 9.17) is 23.2 Å². The first kappa shape index (κ1) is 14.0. The van der Waals surface area contributed by atoms with Crippen LogP contribution in [0.25, 0.3) is 0 Å². The summed E-state index contributed by atoms with van der Waals surface area (Å²) in [4.78, 5) is 11.6. The lowest BCUT2D eigenvalue weighted by atomic mass is 10.1. The van der Waals surface area contributed by atoms with Crippen LogP contribution in [0.1, 0.15) is 18.6 Å². The second-order valence-electron chi connectivity index (χ2n) is 3.64. The van der Waals surface area contributed by atoms with Crippen molar-refractivity contribution in [1.82, 2.24) is 5.32 Å². The van der Waals surface area contributed by atoms with Gasteiger partial charge in [0, 0.05) is 16.1 Å². The zero-order valence-electron chi connectivity index (χ0n) is 9.28. The SMILES string of the molecule is C=C[C@@H](C)NC(=O)[C@@H](O)c1cc(Cl)cc(Cl)c1. The molecule has 1 amide bonds. The maximum Gasteiger partial charge on any atom is 0.253 e. The molecule has 0 aromatic heterocycles. The van der Waals surface area contributed by atoms with Crippen molar-refractivity contribution in [2.24, 2.45) is 0 Å². The molecule has 2 N–H and O–H groups in total. The van der Waals surface area contributed by atoms with E-state index in [1.807, 2.05) is 0 Å². The van der Waals surface area contributed by atoms with Crippen LogP contribution in [0.15, 0.2) is 30.9 Å². The van der Waals surface area contributed by atoms with Crippen LogP contribution in [0.3, 0.4) is 0 Å². The van der Waals surface area contributed by atoms with E-state index in [1.54, 1.807) is 13.0 Å². The second kappa shape index (κ2) is 6.05. The average molecular weight is 274 g/mol. The van der Waals surface area contributed by atoms with Crippen molar-refractivity contribution in [2.45, 2.75) is 19.1 Å². The Hall–Kier alpha value is -1.03. The second-order valence-corrected chi connectivity index (χ2v) is 4.51. The molecular formula is C12H13Cl2NO2. The van der Waals surface area contributed by atoms with Gasteiger partial charge in [0.2, 0.25) is 0 Å². The molecule has 0 saturated carbocycles. The fourth-order valence-corrected chi connectivity index (χ4v) is 1.79. The van der Waals surface area contributed by atoms with Crippen LogP contribution in [-0.4, -0.2) is 17.1 Å². The minimum Gasteiger partial charge on any atom is -0.378 e. The number of aliphatic hydroxyl groups is 1. The Labute approximate surface area is 110 Å². The van der Waals surface area contributed by atoms with E-state index in [0.717, 1.165) is 0 Å². The number of carbonyl (C=O) groups excluding carboxylic acids is 1. The van der Waals surface area contributed by atoms with Crippen molar-refractivity contribution >= 4 is 29.1 Å². The van der Waals surface area contributed by atoms with E-state index in [9.17, 15) is 9.90 Å². The third kappa shape index (κ3) is 4.04. The summed E-state index contributed by atoms with van der Waals surface area (Å²) < 4.78 is 0. The molecule has 0 aliphatic rings. The van der Waals surface area contributed by atoms with Gasteiger partial charge in [-0.3, -0.25) is 4.79 Å². The Kier molecular flexibility index (Phi) is 5.00. The molecule has 0 radical (unpaired) electrons. The van der Waals surface area contributed by atoms with Gasteiger partial charge < -0.3 is 10.4 Å². The maximum atomic E-state index is 11.6. The van der Waals surface area contributed by atoms with E-state index in [0.29, 0.717) is 15.6 Å². The van der Waals surface area contributed by atoms with Crippen molar-refractivity contribution in [1.29, 1.82) is 0 Å². The number of hydrogen-bond donors (Lipinski definition) is 2. The number of hydrogen-bond acceptors (Lipinski definition) is 2. The minimum absolute atomic E-state index is 0.216. The predicted molar refractivity (Wildman–Crippen MR) is 69.2 cm³/mol. The molecule has 1 aromatic rings. The zero-order valence-corrected chi connectivity index (χ0v) is 10.8. The van der Waals surface area contributed by atoms with Gasteiger partial charge in [0.25, 0.3) is 5.91 Å². The summed E-state index contributed by atoms with van der Waals surface area (Å²) in [5.74, 6) is -0.518. The van der Waals surface area contributed by atoms with Gasteiger partial charge in [-0.15, -0.1) is 6.58 Å². The van der Waals surface area contributed by atoms with Crippen LogP contribution in [0.2, 0.25) is 10.0 Å². The summed E-state index contributed by atoms with van der Waals surface area (Å²) in [6, 6.07) is 4.31. The highest BCUT2D eigenvalue weighted by molar-refractivity contribution is 6.34. The van der Waals surface area contributed by atoms with Gasteiger partial charge in [-0.05, 0) is 30.7 Å². The van der Waals surface area contributed by atoms with E-state index >= 15 is 0 Å². The van der Waals surface area contributed by atoms with Gasteiger partial charge in [-0.1, -0.05) is 29.3 Å². The molecule has 0 unspecified atom stereocenters. The van der Waals surface area contributed by atoms with E-state index in [1.165, 1.54) is 18.2 Å². The molecule has 0 aliphatic carbocycles. The van der Waals surface area contributed by atoms with Crippen LogP contribution >= 0.6 is 23.2 Å². The smallest absolute Gasteiger partial charge is 0.253 e. The van der Waals surface area contributed by atoms with Crippen molar-refractivity contribution in [2.75, 3.05) is 0 Å². The lowest BCUT2D eigenvalue weighted by Crippen LogP contribution is -2.35. The molecule has 0 saturated heterocycles. The molecule has 5 heteroatoms. The summed E-state index contributed by atoms with van der Waals surface area (Å²) in [6.07, 6.45) is 0.267. The number of amides is 1. The van der Waals surface area contributed by atoms with Crippen molar-refractivity contribution in [3.63, 3.8) is 0 Å². The summed E-state index contributed by atoms with van der Waals surface area (Å²) in [5.41, 5.74) is 0.358. The summed E-state index contributed by atoms with van der Waals surface area (Å²) in [5, 5.41) is 13.1. The quantitative estimate of drug-likeness (QED) is 0.829. The zero-order chi connectivity index (χ0) is 13.0. The molecule has 3 nitrogen and oxygen atoms in total. The molecule has 0 spiro atoms. The highest BCUT2D eigenvalue weighted by atomic mass is 35.5. The molecular weight excluding hydrogens is 261 g/mol. The normalized spacial score (nSPS) is 13.9. The van der Waals surface area contributed by atoms with E-state index in [2.05, 4.69) is 11.9 Å². The predicted octanol–water partition coefficient (Wildman–Crippen LogP) is 2.72. The van der Waals surface area contributed by atoms with Crippen LogP contribution < -0.4 is 5.32 Å². The first-order valence-electron chi connectivity index (χ1n) is 5.01. The number of nitrogens with one attached hydrogen (secondary N) is 1. The topological polar surface area (TPSA) is 49.3 Å². The van der Waals surface area contributed by atoms with Crippen LogP contribution in [-0.2, 0) is 4.79 Å². The first-order chi connectivity index (χ1) is 7.93. The summed E-state index contributed by atoms with van der Waals surface area (Å²) in [7, 11) is 0. The molecule has 17 heavy (non-hydrogen) atoms. The number of halogens is 2. The molecule has 1 rings (SSSR count). The molecule has 0 aliphatic heterocycles. The Balaban J connectivity index is 2.84. The van der Waals surface area contributed by atoms with E-state index in [-0.39, 0.29) is 6.04 Å². The number of rotatable bonds is 4. The van der Waals surface area contributed by atoms with Crippen molar-refractivity contribution < 1.29 is 9.90 Å². The van der Waals surface area contributed by atoms with Gasteiger partial charge in [0.1, 0.15) is 0 Å². The monoisotopic (exact) mass is 273 g/mol. The number of aliphatic hydroxyl groups excluding tert-OH is 1. The third-order valence-corrected chi connectivity index (χ3v) is 2.61. The standard InChI is InChI=1S/C12H13Cl2NO2/c1-3-7(2)15-12(17)11(16)8-4-9(13)6-10(14)5-8/h3-7,11,16H,1H2,2H3,(H,15,17)/t7-,11+/m1/s1. The van der Waals surface area contributed by atoms with Gasteiger partial charge in [-0.2, -0.15) is 0 Å². The number of benzene rings is 1. The average Bonchev–Trinajstić information content (AvgIpc) is 2.26. The third-order valence-electron chi connectivity index (χ3n) is 2.17. The lowest BCUT2D eigenvalue weighted by molar-refractivity contribution is -0.129. The molecule has 0 heterocycles. The molecule has 92 valence electrons. The molecule has 2 atom stereocenters. The van der Waals surface area contributed by atoms with Gasteiger partial charge in [-0.25, -0.2) is 0 Å². The van der Waals surface area contributed by atoms with Crippen molar-refractivity contribution in [3.05, 3.63) is 46.5 Å². The Morgan fingerprint density at radius 2 is 1.94 bits per heavy atom. The number of carbonyl (C=O) groups is 1.